The minimum absolute atomic E-state index is 0.0520. The molecule has 2 aliphatic heterocycles. The van der Waals surface area contributed by atoms with Gasteiger partial charge >= 0.3 is 0 Å². The van der Waals surface area contributed by atoms with Crippen LogP contribution in [0.15, 0.2) is 0 Å². The third-order valence-electron chi connectivity index (χ3n) is 4.39. The Balaban J connectivity index is 1.95. The van der Waals surface area contributed by atoms with Crippen molar-refractivity contribution in [3.05, 3.63) is 0 Å². The molecule has 0 aromatic carbocycles. The molecular formula is C14H27N3O. The Labute approximate surface area is 111 Å². The Morgan fingerprint density at radius 2 is 1.89 bits per heavy atom. The molecule has 0 saturated carbocycles. The van der Waals surface area contributed by atoms with Gasteiger partial charge in [0.05, 0.1) is 6.04 Å². The molecule has 0 aliphatic carbocycles. The van der Waals surface area contributed by atoms with E-state index in [0.29, 0.717) is 11.9 Å². The normalized spacial score (nSPS) is 28.8. The van der Waals surface area contributed by atoms with Gasteiger partial charge in [-0.2, -0.15) is 0 Å². The first-order chi connectivity index (χ1) is 8.70. The molecule has 1 N–H and O–H groups in total. The van der Waals surface area contributed by atoms with Crippen LogP contribution in [-0.2, 0) is 4.79 Å². The number of hydrogen-bond donors (Lipinski definition) is 1. The Morgan fingerprint density at radius 1 is 1.17 bits per heavy atom. The van der Waals surface area contributed by atoms with Gasteiger partial charge < -0.3 is 10.2 Å². The van der Waals surface area contributed by atoms with Gasteiger partial charge in [0.2, 0.25) is 5.91 Å². The summed E-state index contributed by atoms with van der Waals surface area (Å²) in [7, 11) is 0. The lowest BCUT2D eigenvalue weighted by Crippen LogP contribution is -2.54. The number of nitrogens with one attached hydrogen (secondary N) is 1. The van der Waals surface area contributed by atoms with Crippen LogP contribution in [0.5, 0.6) is 0 Å². The summed E-state index contributed by atoms with van der Waals surface area (Å²) in [4.78, 5) is 17.0. The van der Waals surface area contributed by atoms with E-state index in [1.165, 1.54) is 25.7 Å². The molecule has 0 aromatic rings. The summed E-state index contributed by atoms with van der Waals surface area (Å²) in [5, 5.41) is 3.30. The van der Waals surface area contributed by atoms with Crippen molar-refractivity contribution in [3.63, 3.8) is 0 Å². The minimum Gasteiger partial charge on any atom is -0.339 e. The predicted octanol–water partition coefficient (Wildman–Crippen LogP) is 1.07. The third-order valence-corrected chi connectivity index (χ3v) is 4.39. The molecule has 104 valence electrons. The van der Waals surface area contributed by atoms with Gasteiger partial charge in [-0.15, -0.1) is 0 Å². The van der Waals surface area contributed by atoms with Crippen LogP contribution >= 0.6 is 0 Å². The van der Waals surface area contributed by atoms with Gasteiger partial charge in [-0.1, -0.05) is 12.8 Å². The summed E-state index contributed by atoms with van der Waals surface area (Å²) in [6, 6.07) is 0.602. The first kappa shape index (κ1) is 13.8. The number of rotatable bonds is 2. The van der Waals surface area contributed by atoms with Crippen LogP contribution in [0.1, 0.15) is 39.5 Å². The molecule has 2 unspecified atom stereocenters. The van der Waals surface area contributed by atoms with Crippen molar-refractivity contribution in [2.24, 2.45) is 0 Å². The number of nitrogens with zero attached hydrogens (tertiary/aromatic N) is 2. The summed E-state index contributed by atoms with van der Waals surface area (Å²) >= 11 is 0. The maximum Gasteiger partial charge on any atom is 0.239 e. The van der Waals surface area contributed by atoms with Crippen LogP contribution in [0, 0.1) is 0 Å². The zero-order valence-electron chi connectivity index (χ0n) is 11.8. The second kappa shape index (κ2) is 6.53. The zero-order chi connectivity index (χ0) is 13.0. The molecule has 2 rings (SSSR count). The van der Waals surface area contributed by atoms with E-state index in [-0.39, 0.29) is 6.04 Å². The van der Waals surface area contributed by atoms with Crippen LogP contribution in [0.4, 0.5) is 0 Å². The third kappa shape index (κ3) is 3.23. The number of amides is 1. The predicted molar refractivity (Wildman–Crippen MR) is 73.5 cm³/mol. The van der Waals surface area contributed by atoms with E-state index >= 15 is 0 Å². The average molecular weight is 253 g/mol. The summed E-state index contributed by atoms with van der Waals surface area (Å²) in [6.45, 7) is 9.05. The van der Waals surface area contributed by atoms with Crippen molar-refractivity contribution in [2.75, 3.05) is 32.7 Å². The molecule has 4 nitrogen and oxygen atoms in total. The van der Waals surface area contributed by atoms with E-state index in [4.69, 9.17) is 0 Å². The second-order valence-electron chi connectivity index (χ2n) is 5.69. The van der Waals surface area contributed by atoms with Crippen molar-refractivity contribution < 1.29 is 4.79 Å². The van der Waals surface area contributed by atoms with Gasteiger partial charge in [0, 0.05) is 32.2 Å². The van der Waals surface area contributed by atoms with E-state index in [9.17, 15) is 4.79 Å². The number of likely N-dealkylation sites (tertiary alicyclic amines) is 1. The van der Waals surface area contributed by atoms with Crippen molar-refractivity contribution >= 4 is 5.91 Å². The highest BCUT2D eigenvalue weighted by Crippen LogP contribution is 2.19. The van der Waals surface area contributed by atoms with E-state index < -0.39 is 0 Å². The smallest absolute Gasteiger partial charge is 0.239 e. The van der Waals surface area contributed by atoms with Crippen molar-refractivity contribution in [1.29, 1.82) is 0 Å². The topological polar surface area (TPSA) is 35.6 Å². The lowest BCUT2D eigenvalue weighted by atomic mass is 10.1. The maximum absolute atomic E-state index is 12.5. The highest BCUT2D eigenvalue weighted by Gasteiger charge is 2.30. The largest absolute Gasteiger partial charge is 0.339 e. The van der Waals surface area contributed by atoms with Crippen molar-refractivity contribution in [2.45, 2.75) is 51.6 Å². The summed E-state index contributed by atoms with van der Waals surface area (Å²) < 4.78 is 0. The summed E-state index contributed by atoms with van der Waals surface area (Å²) in [5.74, 6) is 0.324. The first-order valence-corrected chi connectivity index (χ1v) is 7.45. The highest BCUT2D eigenvalue weighted by molar-refractivity contribution is 5.81. The molecule has 2 aliphatic rings. The van der Waals surface area contributed by atoms with Gasteiger partial charge in [-0.25, -0.2) is 0 Å². The Hall–Kier alpha value is -0.610. The van der Waals surface area contributed by atoms with E-state index in [1.54, 1.807) is 0 Å². The molecule has 2 heterocycles. The fourth-order valence-corrected chi connectivity index (χ4v) is 3.16. The Kier molecular flexibility index (Phi) is 5.01. The van der Waals surface area contributed by atoms with Crippen LogP contribution < -0.4 is 5.32 Å². The fourth-order valence-electron chi connectivity index (χ4n) is 3.16. The quantitative estimate of drug-likeness (QED) is 0.799. The Bertz CT molecular complexity index is 276. The molecule has 4 heteroatoms. The lowest BCUT2D eigenvalue weighted by molar-refractivity contribution is -0.137. The Morgan fingerprint density at radius 3 is 2.61 bits per heavy atom. The van der Waals surface area contributed by atoms with Crippen molar-refractivity contribution in [3.8, 4) is 0 Å². The highest BCUT2D eigenvalue weighted by atomic mass is 16.2. The van der Waals surface area contributed by atoms with Crippen LogP contribution in [0.25, 0.3) is 0 Å². The van der Waals surface area contributed by atoms with E-state index in [0.717, 1.165) is 32.7 Å². The van der Waals surface area contributed by atoms with Crippen LogP contribution in [-0.4, -0.2) is 60.5 Å². The van der Waals surface area contributed by atoms with Gasteiger partial charge in [0.25, 0.3) is 0 Å². The minimum atomic E-state index is 0.0520. The van der Waals surface area contributed by atoms with Crippen LogP contribution in [0.2, 0.25) is 0 Å². The molecule has 18 heavy (non-hydrogen) atoms. The standard InChI is InChI=1S/C14H27N3O/c1-12-6-4-3-5-9-17(12)13(2)14(18)16-10-7-15-8-11-16/h12-13,15H,3-11H2,1-2H3. The molecule has 0 radical (unpaired) electrons. The summed E-state index contributed by atoms with van der Waals surface area (Å²) in [6.07, 6.45) is 5.10. The van der Waals surface area contributed by atoms with Crippen LogP contribution in [0.3, 0.4) is 0 Å². The zero-order valence-corrected chi connectivity index (χ0v) is 11.8. The molecule has 2 atom stereocenters. The van der Waals surface area contributed by atoms with Crippen molar-refractivity contribution in [1.82, 2.24) is 15.1 Å². The average Bonchev–Trinajstić information content (AvgIpc) is 2.63. The van der Waals surface area contributed by atoms with E-state index in [2.05, 4.69) is 24.1 Å². The van der Waals surface area contributed by atoms with Gasteiger partial charge in [0.1, 0.15) is 0 Å². The van der Waals surface area contributed by atoms with Gasteiger partial charge in [0.15, 0.2) is 0 Å². The molecule has 0 spiro atoms. The molecule has 2 saturated heterocycles. The number of hydrogen-bond acceptors (Lipinski definition) is 3. The number of carbonyl (C=O) groups excluding carboxylic acids is 1. The SMILES string of the molecule is CC1CCCCCN1C(C)C(=O)N1CCNCC1. The maximum atomic E-state index is 12.5. The first-order valence-electron chi connectivity index (χ1n) is 7.45. The molecule has 2 fully saturated rings. The second-order valence-corrected chi connectivity index (χ2v) is 5.69. The molecule has 0 bridgehead atoms. The van der Waals surface area contributed by atoms with Gasteiger partial charge in [-0.3, -0.25) is 9.69 Å². The summed E-state index contributed by atoms with van der Waals surface area (Å²) in [5.41, 5.74) is 0. The molecule has 0 aromatic heterocycles. The van der Waals surface area contributed by atoms with E-state index in [1.807, 2.05) is 4.90 Å². The fraction of sp³-hybridized carbons (Fsp3) is 0.929. The molecular weight excluding hydrogens is 226 g/mol. The number of carbonyl (C=O) groups is 1. The van der Waals surface area contributed by atoms with Gasteiger partial charge in [-0.05, 0) is 33.2 Å². The molecule has 1 amide bonds. The lowest BCUT2D eigenvalue weighted by Gasteiger charge is -2.37. The number of piperazine rings is 1. The monoisotopic (exact) mass is 253 g/mol.